The van der Waals surface area contributed by atoms with Crippen LogP contribution in [0.25, 0.3) is 0 Å². The number of hydrogen-bond donors (Lipinski definition) is 1. The Hall–Kier alpha value is -2.58. The Morgan fingerprint density at radius 2 is 1.48 bits per heavy atom. The van der Waals surface area contributed by atoms with E-state index in [4.69, 9.17) is 11.6 Å². The maximum Gasteiger partial charge on any atom is 0.225 e. The summed E-state index contributed by atoms with van der Waals surface area (Å²) in [7, 11) is 0. The Morgan fingerprint density at radius 3 is 2.00 bits per heavy atom. The molecule has 0 unspecified atom stereocenters. The van der Waals surface area contributed by atoms with Crippen molar-refractivity contribution in [2.45, 2.75) is 19.3 Å². The van der Waals surface area contributed by atoms with Crippen molar-refractivity contribution in [1.82, 2.24) is 0 Å². The van der Waals surface area contributed by atoms with Crippen LogP contribution in [0.4, 0.5) is 5.69 Å². The fourth-order valence-electron chi connectivity index (χ4n) is 2.95. The highest BCUT2D eigenvalue weighted by atomic mass is 35.5. The number of nitrogens with one attached hydrogen (secondary N) is 1. The van der Waals surface area contributed by atoms with Crippen LogP contribution in [-0.2, 0) is 4.79 Å². The molecule has 126 valence electrons. The van der Waals surface area contributed by atoms with Crippen molar-refractivity contribution in [3.63, 3.8) is 0 Å². The van der Waals surface area contributed by atoms with Crippen molar-refractivity contribution < 1.29 is 4.79 Å². The van der Waals surface area contributed by atoms with Crippen molar-refractivity contribution in [3.8, 4) is 0 Å². The molecule has 1 N–H and O–H groups in total. The Kier molecular flexibility index (Phi) is 5.52. The molecule has 1 amide bonds. The van der Waals surface area contributed by atoms with Gasteiger partial charge in [-0.15, -0.1) is 0 Å². The van der Waals surface area contributed by atoms with Gasteiger partial charge < -0.3 is 5.32 Å². The molecule has 0 atom stereocenters. The number of aryl methyl sites for hydroxylation is 1. The normalized spacial score (nSPS) is 10.7. The third-order valence-corrected chi connectivity index (χ3v) is 4.49. The number of halogens is 1. The summed E-state index contributed by atoms with van der Waals surface area (Å²) in [6.07, 6.45) is 0.385. The molecule has 0 aliphatic heterocycles. The minimum Gasteiger partial charge on any atom is -0.326 e. The van der Waals surface area contributed by atoms with Crippen molar-refractivity contribution in [1.29, 1.82) is 0 Å². The van der Waals surface area contributed by atoms with Gasteiger partial charge in [-0.1, -0.05) is 72.3 Å². The average Bonchev–Trinajstić information content (AvgIpc) is 2.63. The van der Waals surface area contributed by atoms with E-state index in [-0.39, 0.29) is 11.8 Å². The fraction of sp³-hybridized carbons (Fsp3) is 0.136. The molecule has 0 heterocycles. The van der Waals surface area contributed by atoms with Gasteiger partial charge in [0, 0.05) is 23.0 Å². The molecule has 3 heteroatoms. The molecule has 0 aliphatic carbocycles. The van der Waals surface area contributed by atoms with Crippen molar-refractivity contribution in [3.05, 3.63) is 101 Å². The van der Waals surface area contributed by atoms with Crippen LogP contribution in [0.2, 0.25) is 5.02 Å². The van der Waals surface area contributed by atoms with E-state index >= 15 is 0 Å². The second-order valence-electron chi connectivity index (χ2n) is 6.09. The van der Waals surface area contributed by atoms with Crippen molar-refractivity contribution in [2.75, 3.05) is 5.32 Å². The second kappa shape index (κ2) is 8.00. The lowest BCUT2D eigenvalue weighted by atomic mass is 9.88. The van der Waals surface area contributed by atoms with Crippen LogP contribution >= 0.6 is 11.6 Å². The molecule has 3 rings (SSSR count). The molecule has 0 radical (unpaired) electrons. The van der Waals surface area contributed by atoms with Crippen LogP contribution in [0.5, 0.6) is 0 Å². The summed E-state index contributed by atoms with van der Waals surface area (Å²) in [5.41, 5.74) is 4.03. The van der Waals surface area contributed by atoms with Crippen LogP contribution in [0.3, 0.4) is 0 Å². The van der Waals surface area contributed by atoms with E-state index in [9.17, 15) is 4.79 Å². The number of benzene rings is 3. The minimum absolute atomic E-state index is 0.0110. The standard InChI is InChI=1S/C22H20ClNO/c1-16-14-19(23)12-13-21(16)24-22(25)15-20(17-8-4-2-5-9-17)18-10-6-3-7-11-18/h2-14,20H,15H2,1H3,(H,24,25). The third-order valence-electron chi connectivity index (χ3n) is 4.26. The van der Waals surface area contributed by atoms with Gasteiger partial charge in [-0.2, -0.15) is 0 Å². The smallest absolute Gasteiger partial charge is 0.225 e. The highest BCUT2D eigenvalue weighted by molar-refractivity contribution is 6.30. The number of amides is 1. The van der Waals surface area contributed by atoms with E-state index < -0.39 is 0 Å². The van der Waals surface area contributed by atoms with Gasteiger partial charge in [0.25, 0.3) is 0 Å². The van der Waals surface area contributed by atoms with Crippen LogP contribution in [-0.4, -0.2) is 5.91 Å². The molecule has 0 fully saturated rings. The summed E-state index contributed by atoms with van der Waals surface area (Å²) in [6, 6.07) is 25.8. The van der Waals surface area contributed by atoms with Gasteiger partial charge in [0.05, 0.1) is 0 Å². The summed E-state index contributed by atoms with van der Waals surface area (Å²) < 4.78 is 0. The van der Waals surface area contributed by atoms with E-state index in [1.165, 1.54) is 0 Å². The summed E-state index contributed by atoms with van der Waals surface area (Å²) in [6.45, 7) is 1.94. The summed E-state index contributed by atoms with van der Waals surface area (Å²) in [5, 5.41) is 3.68. The van der Waals surface area contributed by atoms with Crippen molar-refractivity contribution in [2.24, 2.45) is 0 Å². The van der Waals surface area contributed by atoms with Crippen LogP contribution in [0.1, 0.15) is 29.0 Å². The molecule has 2 nitrogen and oxygen atoms in total. The second-order valence-corrected chi connectivity index (χ2v) is 6.52. The number of rotatable bonds is 5. The van der Waals surface area contributed by atoms with Gasteiger partial charge in [-0.05, 0) is 41.8 Å². The third kappa shape index (κ3) is 4.49. The quantitative estimate of drug-likeness (QED) is 0.618. The first kappa shape index (κ1) is 17.2. The van der Waals surface area contributed by atoms with E-state index in [1.54, 1.807) is 6.07 Å². The Bertz CT molecular complexity index is 807. The zero-order chi connectivity index (χ0) is 17.6. The molecule has 0 saturated heterocycles. The molecule has 0 aliphatic rings. The number of carbonyl (C=O) groups excluding carboxylic acids is 1. The number of carbonyl (C=O) groups is 1. The molecular weight excluding hydrogens is 330 g/mol. The first-order valence-corrected chi connectivity index (χ1v) is 8.67. The molecule has 3 aromatic rings. The zero-order valence-electron chi connectivity index (χ0n) is 14.1. The lowest BCUT2D eigenvalue weighted by Crippen LogP contribution is -2.17. The number of hydrogen-bond acceptors (Lipinski definition) is 1. The van der Waals surface area contributed by atoms with E-state index in [0.717, 1.165) is 22.4 Å². The Labute approximate surface area is 153 Å². The predicted octanol–water partition coefficient (Wildman–Crippen LogP) is 5.81. The lowest BCUT2D eigenvalue weighted by Gasteiger charge is -2.18. The van der Waals surface area contributed by atoms with E-state index in [0.29, 0.717) is 11.4 Å². The summed E-state index contributed by atoms with van der Waals surface area (Å²) >= 11 is 5.99. The highest BCUT2D eigenvalue weighted by Crippen LogP contribution is 2.29. The first-order valence-electron chi connectivity index (χ1n) is 8.29. The molecule has 0 saturated carbocycles. The van der Waals surface area contributed by atoms with Gasteiger partial charge in [-0.3, -0.25) is 4.79 Å². The summed E-state index contributed by atoms with van der Waals surface area (Å²) in [5.74, 6) is 0.0122. The predicted molar refractivity (Wildman–Crippen MR) is 104 cm³/mol. The molecule has 0 bridgehead atoms. The van der Waals surface area contributed by atoms with E-state index in [1.807, 2.05) is 55.5 Å². The molecular formula is C22H20ClNO. The van der Waals surface area contributed by atoms with Gasteiger partial charge in [0.1, 0.15) is 0 Å². The number of anilines is 1. The molecule has 3 aromatic carbocycles. The van der Waals surface area contributed by atoms with Gasteiger partial charge in [0.2, 0.25) is 5.91 Å². The lowest BCUT2D eigenvalue weighted by molar-refractivity contribution is -0.116. The van der Waals surface area contributed by atoms with Crippen LogP contribution in [0.15, 0.2) is 78.9 Å². The maximum atomic E-state index is 12.7. The minimum atomic E-state index is -0.0110. The SMILES string of the molecule is Cc1cc(Cl)ccc1NC(=O)CC(c1ccccc1)c1ccccc1. The van der Waals surface area contributed by atoms with Gasteiger partial charge in [0.15, 0.2) is 0 Å². The Morgan fingerprint density at radius 1 is 0.920 bits per heavy atom. The maximum absolute atomic E-state index is 12.7. The molecule has 25 heavy (non-hydrogen) atoms. The van der Waals surface area contributed by atoms with Gasteiger partial charge in [-0.25, -0.2) is 0 Å². The largest absolute Gasteiger partial charge is 0.326 e. The van der Waals surface area contributed by atoms with E-state index in [2.05, 4.69) is 29.6 Å². The van der Waals surface area contributed by atoms with Crippen molar-refractivity contribution >= 4 is 23.2 Å². The zero-order valence-corrected chi connectivity index (χ0v) is 14.8. The first-order chi connectivity index (χ1) is 12.1. The topological polar surface area (TPSA) is 29.1 Å². The monoisotopic (exact) mass is 349 g/mol. The fourth-order valence-corrected chi connectivity index (χ4v) is 3.18. The Balaban J connectivity index is 1.82. The average molecular weight is 350 g/mol. The van der Waals surface area contributed by atoms with Crippen LogP contribution in [0, 0.1) is 6.92 Å². The molecule has 0 aromatic heterocycles. The molecule has 0 spiro atoms. The van der Waals surface area contributed by atoms with Gasteiger partial charge >= 0.3 is 0 Å². The highest BCUT2D eigenvalue weighted by Gasteiger charge is 2.18. The summed E-state index contributed by atoms with van der Waals surface area (Å²) in [4.78, 5) is 12.7. The van der Waals surface area contributed by atoms with Crippen LogP contribution < -0.4 is 5.32 Å².